The summed E-state index contributed by atoms with van der Waals surface area (Å²) in [5.41, 5.74) is 3.61. The van der Waals surface area contributed by atoms with Crippen LogP contribution in [0.1, 0.15) is 12.0 Å². The summed E-state index contributed by atoms with van der Waals surface area (Å²) in [6.45, 7) is 0.822. The van der Waals surface area contributed by atoms with Gasteiger partial charge in [-0.15, -0.1) is 0 Å². The first kappa shape index (κ1) is 14.6. The lowest BCUT2D eigenvalue weighted by molar-refractivity contribution is 0.864. The quantitative estimate of drug-likeness (QED) is 0.662. The molecule has 0 atom stereocenters. The summed E-state index contributed by atoms with van der Waals surface area (Å²) in [6.07, 6.45) is 2.04. The average molecular weight is 338 g/mol. The average Bonchev–Trinajstić information content (AvgIpc) is 2.97. The Morgan fingerprint density at radius 2 is 1.76 bits per heavy atom. The summed E-state index contributed by atoms with van der Waals surface area (Å²) in [5, 5.41) is 4.48. The molecule has 0 spiro atoms. The zero-order chi connectivity index (χ0) is 14.7. The van der Waals surface area contributed by atoms with E-state index in [1.54, 1.807) is 6.07 Å². The van der Waals surface area contributed by atoms with Gasteiger partial charge in [0.2, 0.25) is 0 Å². The molecule has 21 heavy (non-hydrogen) atoms. The maximum atomic E-state index is 6.25. The molecule has 0 bridgehead atoms. The van der Waals surface area contributed by atoms with E-state index in [2.05, 4.69) is 38.3 Å². The van der Waals surface area contributed by atoms with Crippen molar-refractivity contribution in [2.75, 3.05) is 11.9 Å². The Balaban J connectivity index is 1.67. The smallest absolute Gasteiger partial charge is 0.130 e. The van der Waals surface area contributed by atoms with Gasteiger partial charge in [0.1, 0.15) is 11.0 Å². The van der Waals surface area contributed by atoms with Gasteiger partial charge >= 0.3 is 0 Å². The number of aromatic nitrogens is 2. The van der Waals surface area contributed by atoms with Crippen LogP contribution in [0, 0.1) is 0 Å². The van der Waals surface area contributed by atoms with Crippen molar-refractivity contribution in [1.82, 2.24) is 8.75 Å². The van der Waals surface area contributed by atoms with Crippen LogP contribution in [0.5, 0.6) is 0 Å². The number of anilines is 1. The van der Waals surface area contributed by atoms with Gasteiger partial charge in [0.15, 0.2) is 0 Å². The summed E-state index contributed by atoms with van der Waals surface area (Å²) in [7, 11) is 0. The Bertz CT molecular complexity index is 743. The molecule has 0 unspecified atom stereocenters. The Morgan fingerprint density at radius 3 is 2.57 bits per heavy atom. The third kappa shape index (κ3) is 3.28. The van der Waals surface area contributed by atoms with Gasteiger partial charge in [-0.2, -0.15) is 8.75 Å². The number of hydrogen-bond acceptors (Lipinski definition) is 4. The van der Waals surface area contributed by atoms with Crippen molar-refractivity contribution >= 4 is 51.7 Å². The first-order valence-corrected chi connectivity index (χ1v) is 8.12. The number of halogens is 2. The van der Waals surface area contributed by atoms with Crippen molar-refractivity contribution in [2.24, 2.45) is 0 Å². The number of nitrogens with one attached hydrogen (secondary N) is 1. The van der Waals surface area contributed by atoms with E-state index in [4.69, 9.17) is 23.2 Å². The molecule has 6 heteroatoms. The van der Waals surface area contributed by atoms with Crippen molar-refractivity contribution in [2.45, 2.75) is 12.8 Å². The number of hydrogen-bond donors (Lipinski definition) is 1. The Hall–Kier alpha value is -1.36. The van der Waals surface area contributed by atoms with E-state index in [0.29, 0.717) is 15.6 Å². The number of rotatable bonds is 5. The standard InChI is InChI=1S/C15H13Cl2N3S/c16-11-9-12(17)14-15(20-21-19-14)13(11)18-8-4-7-10-5-2-1-3-6-10/h1-3,5-6,9,18H,4,7-8H2. The molecule has 0 aliphatic carbocycles. The Labute approximate surface area is 137 Å². The summed E-state index contributed by atoms with van der Waals surface area (Å²) < 4.78 is 8.47. The van der Waals surface area contributed by atoms with Crippen LogP contribution >= 0.6 is 34.9 Å². The molecule has 0 aliphatic heterocycles. The van der Waals surface area contributed by atoms with Crippen molar-refractivity contribution in [3.8, 4) is 0 Å². The van der Waals surface area contributed by atoms with E-state index >= 15 is 0 Å². The van der Waals surface area contributed by atoms with Gasteiger partial charge in [-0.05, 0) is 24.5 Å². The second-order valence-electron chi connectivity index (χ2n) is 4.69. The van der Waals surface area contributed by atoms with Gasteiger partial charge in [-0.25, -0.2) is 0 Å². The fraction of sp³-hybridized carbons (Fsp3) is 0.200. The summed E-state index contributed by atoms with van der Waals surface area (Å²) in [6, 6.07) is 12.1. The molecule has 0 saturated carbocycles. The van der Waals surface area contributed by atoms with Crippen LogP contribution in [-0.4, -0.2) is 15.3 Å². The highest BCUT2D eigenvalue weighted by Crippen LogP contribution is 2.35. The minimum atomic E-state index is 0.540. The topological polar surface area (TPSA) is 37.8 Å². The van der Waals surface area contributed by atoms with Crippen molar-refractivity contribution < 1.29 is 0 Å². The molecule has 108 valence electrons. The van der Waals surface area contributed by atoms with Crippen LogP contribution in [-0.2, 0) is 6.42 Å². The molecule has 3 aromatic rings. The predicted octanol–water partition coefficient (Wildman–Crippen LogP) is 5.04. The molecule has 3 rings (SSSR count). The second-order valence-corrected chi connectivity index (χ2v) is 6.04. The van der Waals surface area contributed by atoms with E-state index in [9.17, 15) is 0 Å². The van der Waals surface area contributed by atoms with Crippen molar-refractivity contribution in [3.63, 3.8) is 0 Å². The van der Waals surface area contributed by atoms with Gasteiger partial charge in [0.25, 0.3) is 0 Å². The third-order valence-electron chi connectivity index (χ3n) is 3.23. The SMILES string of the molecule is Clc1cc(Cl)c2nsnc2c1NCCCc1ccccc1. The minimum absolute atomic E-state index is 0.540. The maximum Gasteiger partial charge on any atom is 0.130 e. The van der Waals surface area contributed by atoms with E-state index < -0.39 is 0 Å². The largest absolute Gasteiger partial charge is 0.382 e. The molecule has 1 N–H and O–H groups in total. The number of nitrogens with zero attached hydrogens (tertiary/aromatic N) is 2. The van der Waals surface area contributed by atoms with Crippen LogP contribution < -0.4 is 5.32 Å². The highest BCUT2D eigenvalue weighted by atomic mass is 35.5. The van der Waals surface area contributed by atoms with Gasteiger partial charge in [0, 0.05) is 6.54 Å². The summed E-state index contributed by atoms with van der Waals surface area (Å²) >= 11 is 13.5. The zero-order valence-electron chi connectivity index (χ0n) is 11.1. The van der Waals surface area contributed by atoms with Gasteiger partial charge < -0.3 is 5.32 Å². The first-order valence-electron chi connectivity index (χ1n) is 6.64. The second kappa shape index (κ2) is 6.60. The molecule has 0 saturated heterocycles. The lowest BCUT2D eigenvalue weighted by Crippen LogP contribution is -2.04. The molecule has 0 radical (unpaired) electrons. The van der Waals surface area contributed by atoms with Gasteiger partial charge in [-0.3, -0.25) is 0 Å². The summed E-state index contributed by atoms with van der Waals surface area (Å²) in [5.74, 6) is 0. The fourth-order valence-electron chi connectivity index (χ4n) is 2.19. The molecule has 1 aromatic heterocycles. The minimum Gasteiger partial charge on any atom is -0.382 e. The van der Waals surface area contributed by atoms with E-state index in [-0.39, 0.29) is 0 Å². The number of fused-ring (bicyclic) bond motifs is 1. The van der Waals surface area contributed by atoms with Crippen molar-refractivity contribution in [1.29, 1.82) is 0 Å². The van der Waals surface area contributed by atoms with E-state index in [1.165, 1.54) is 5.56 Å². The maximum absolute atomic E-state index is 6.25. The number of aryl methyl sites for hydroxylation is 1. The van der Waals surface area contributed by atoms with Crippen LogP contribution in [0.4, 0.5) is 5.69 Å². The van der Waals surface area contributed by atoms with Crippen LogP contribution in [0.15, 0.2) is 36.4 Å². The third-order valence-corrected chi connectivity index (χ3v) is 4.35. The first-order chi connectivity index (χ1) is 10.3. The predicted molar refractivity (Wildman–Crippen MR) is 90.7 cm³/mol. The Morgan fingerprint density at radius 1 is 1.00 bits per heavy atom. The van der Waals surface area contributed by atoms with Crippen molar-refractivity contribution in [3.05, 3.63) is 52.0 Å². The molecule has 0 fully saturated rings. The zero-order valence-corrected chi connectivity index (χ0v) is 13.5. The molecule has 3 nitrogen and oxygen atoms in total. The molecular formula is C15H13Cl2N3S. The highest BCUT2D eigenvalue weighted by Gasteiger charge is 2.13. The monoisotopic (exact) mass is 337 g/mol. The lowest BCUT2D eigenvalue weighted by atomic mass is 10.1. The van der Waals surface area contributed by atoms with Crippen LogP contribution in [0.25, 0.3) is 11.0 Å². The van der Waals surface area contributed by atoms with E-state index in [1.807, 2.05) is 6.07 Å². The normalized spacial score (nSPS) is 11.0. The van der Waals surface area contributed by atoms with Crippen LogP contribution in [0.3, 0.4) is 0 Å². The Kier molecular flexibility index (Phi) is 4.58. The lowest BCUT2D eigenvalue weighted by Gasteiger charge is -2.09. The molecule has 0 amide bonds. The fourth-order valence-corrected chi connectivity index (χ4v) is 3.37. The van der Waals surface area contributed by atoms with Gasteiger partial charge in [0.05, 0.1) is 27.5 Å². The van der Waals surface area contributed by atoms with E-state index in [0.717, 1.165) is 42.3 Å². The van der Waals surface area contributed by atoms with Gasteiger partial charge in [-0.1, -0.05) is 53.5 Å². The number of benzene rings is 2. The van der Waals surface area contributed by atoms with Crippen LogP contribution in [0.2, 0.25) is 10.0 Å². The molecule has 2 aromatic carbocycles. The molecule has 0 aliphatic rings. The summed E-state index contributed by atoms with van der Waals surface area (Å²) in [4.78, 5) is 0. The molecule has 1 heterocycles. The highest BCUT2D eigenvalue weighted by molar-refractivity contribution is 7.00. The molecular weight excluding hydrogens is 325 g/mol.